The minimum absolute atomic E-state index is 0.735. The number of hydrogen-bond acceptors (Lipinski definition) is 3. The molecule has 0 saturated carbocycles. The fourth-order valence-electron chi connectivity index (χ4n) is 2.76. The SMILES string of the molecule is CN(C)CC1CCCN1CCNc1cccc(Br)c1. The number of likely N-dealkylation sites (N-methyl/N-ethyl adjacent to an activating group) is 1. The summed E-state index contributed by atoms with van der Waals surface area (Å²) in [6.07, 6.45) is 2.68. The van der Waals surface area contributed by atoms with Crippen molar-refractivity contribution in [2.75, 3.05) is 45.6 Å². The van der Waals surface area contributed by atoms with Gasteiger partial charge in [0.25, 0.3) is 0 Å². The van der Waals surface area contributed by atoms with Crippen LogP contribution in [-0.2, 0) is 0 Å². The number of likely N-dealkylation sites (tertiary alicyclic amines) is 1. The standard InChI is InChI=1S/C15H24BrN3/c1-18(2)12-15-7-4-9-19(15)10-8-17-14-6-3-5-13(16)11-14/h3,5-6,11,15,17H,4,7-10,12H2,1-2H3. The number of anilines is 1. The molecule has 0 aliphatic carbocycles. The van der Waals surface area contributed by atoms with Gasteiger partial charge in [0, 0.05) is 35.8 Å². The monoisotopic (exact) mass is 325 g/mol. The minimum atomic E-state index is 0.735. The lowest BCUT2D eigenvalue weighted by molar-refractivity contribution is 0.214. The van der Waals surface area contributed by atoms with Gasteiger partial charge >= 0.3 is 0 Å². The smallest absolute Gasteiger partial charge is 0.0351 e. The van der Waals surface area contributed by atoms with Gasteiger partial charge in [0.2, 0.25) is 0 Å². The average molecular weight is 326 g/mol. The molecule has 106 valence electrons. The normalized spacial score (nSPS) is 20.1. The summed E-state index contributed by atoms with van der Waals surface area (Å²) in [5.41, 5.74) is 1.19. The first kappa shape index (κ1) is 14.8. The Bertz CT molecular complexity index is 395. The number of hydrogen-bond donors (Lipinski definition) is 1. The summed E-state index contributed by atoms with van der Waals surface area (Å²) in [6.45, 7) is 4.57. The number of rotatable bonds is 6. The Morgan fingerprint density at radius 2 is 2.26 bits per heavy atom. The number of benzene rings is 1. The van der Waals surface area contributed by atoms with Crippen molar-refractivity contribution < 1.29 is 0 Å². The molecule has 1 aromatic carbocycles. The van der Waals surface area contributed by atoms with Crippen molar-refractivity contribution in [2.45, 2.75) is 18.9 Å². The van der Waals surface area contributed by atoms with Crippen molar-refractivity contribution >= 4 is 21.6 Å². The molecule has 3 nitrogen and oxygen atoms in total. The molecule has 19 heavy (non-hydrogen) atoms. The zero-order chi connectivity index (χ0) is 13.7. The molecule has 1 saturated heterocycles. The van der Waals surface area contributed by atoms with Crippen LogP contribution in [-0.4, -0.2) is 56.1 Å². The van der Waals surface area contributed by atoms with Crippen LogP contribution in [0.1, 0.15) is 12.8 Å². The number of halogens is 1. The third kappa shape index (κ3) is 4.79. The fourth-order valence-corrected chi connectivity index (χ4v) is 3.16. The van der Waals surface area contributed by atoms with Gasteiger partial charge in [-0.2, -0.15) is 0 Å². The Morgan fingerprint density at radius 1 is 1.42 bits per heavy atom. The highest BCUT2D eigenvalue weighted by molar-refractivity contribution is 9.10. The van der Waals surface area contributed by atoms with E-state index < -0.39 is 0 Å². The van der Waals surface area contributed by atoms with Crippen molar-refractivity contribution in [3.05, 3.63) is 28.7 Å². The summed E-state index contributed by atoms with van der Waals surface area (Å²) >= 11 is 3.50. The highest BCUT2D eigenvalue weighted by Crippen LogP contribution is 2.18. The van der Waals surface area contributed by atoms with E-state index in [0.29, 0.717) is 0 Å². The van der Waals surface area contributed by atoms with Gasteiger partial charge in [-0.15, -0.1) is 0 Å². The lowest BCUT2D eigenvalue weighted by Gasteiger charge is -2.27. The van der Waals surface area contributed by atoms with Crippen LogP contribution in [0, 0.1) is 0 Å². The van der Waals surface area contributed by atoms with Crippen LogP contribution >= 0.6 is 15.9 Å². The van der Waals surface area contributed by atoms with Crippen LogP contribution < -0.4 is 5.32 Å². The minimum Gasteiger partial charge on any atom is -0.384 e. The van der Waals surface area contributed by atoms with Crippen molar-refractivity contribution in [2.24, 2.45) is 0 Å². The second-order valence-electron chi connectivity index (χ2n) is 5.53. The number of nitrogens with one attached hydrogen (secondary N) is 1. The molecule has 0 bridgehead atoms. The van der Waals surface area contributed by atoms with E-state index >= 15 is 0 Å². The van der Waals surface area contributed by atoms with Crippen LogP contribution in [0.2, 0.25) is 0 Å². The molecule has 1 aliphatic heterocycles. The molecule has 0 amide bonds. The van der Waals surface area contributed by atoms with Gasteiger partial charge in [-0.25, -0.2) is 0 Å². The highest BCUT2D eigenvalue weighted by atomic mass is 79.9. The molecule has 0 aromatic heterocycles. The number of nitrogens with zero attached hydrogens (tertiary/aromatic N) is 2. The summed E-state index contributed by atoms with van der Waals surface area (Å²) in [7, 11) is 4.33. The van der Waals surface area contributed by atoms with Crippen molar-refractivity contribution in [1.82, 2.24) is 9.80 Å². The lowest BCUT2D eigenvalue weighted by atomic mass is 10.2. The molecule has 1 fully saturated rings. The van der Waals surface area contributed by atoms with Crippen molar-refractivity contribution in [3.63, 3.8) is 0 Å². The van der Waals surface area contributed by atoms with Gasteiger partial charge in [-0.05, 0) is 51.7 Å². The van der Waals surface area contributed by atoms with E-state index in [0.717, 1.165) is 23.6 Å². The second-order valence-corrected chi connectivity index (χ2v) is 6.45. The summed E-state index contributed by atoms with van der Waals surface area (Å²) in [4.78, 5) is 4.91. The van der Waals surface area contributed by atoms with Gasteiger partial charge in [0.1, 0.15) is 0 Å². The summed E-state index contributed by atoms with van der Waals surface area (Å²) in [6, 6.07) is 9.10. The van der Waals surface area contributed by atoms with Gasteiger partial charge in [-0.3, -0.25) is 4.90 Å². The third-order valence-corrected chi connectivity index (χ3v) is 4.12. The van der Waals surface area contributed by atoms with E-state index in [2.05, 4.69) is 69.4 Å². The maximum Gasteiger partial charge on any atom is 0.0351 e. The van der Waals surface area contributed by atoms with Gasteiger partial charge in [-0.1, -0.05) is 22.0 Å². The van der Waals surface area contributed by atoms with Gasteiger partial charge in [0.15, 0.2) is 0 Å². The van der Waals surface area contributed by atoms with E-state index in [4.69, 9.17) is 0 Å². The molecule has 1 unspecified atom stereocenters. The van der Waals surface area contributed by atoms with Crippen LogP contribution in [0.25, 0.3) is 0 Å². The highest BCUT2D eigenvalue weighted by Gasteiger charge is 2.23. The van der Waals surface area contributed by atoms with Crippen LogP contribution in [0.4, 0.5) is 5.69 Å². The Morgan fingerprint density at radius 3 is 3.00 bits per heavy atom. The molecule has 2 rings (SSSR count). The Hall–Kier alpha value is -0.580. The fraction of sp³-hybridized carbons (Fsp3) is 0.600. The lowest BCUT2D eigenvalue weighted by Crippen LogP contribution is -2.39. The van der Waals surface area contributed by atoms with Crippen LogP contribution in [0.15, 0.2) is 28.7 Å². The molecule has 1 heterocycles. The predicted molar refractivity (Wildman–Crippen MR) is 85.8 cm³/mol. The van der Waals surface area contributed by atoms with E-state index in [9.17, 15) is 0 Å². The molecule has 0 spiro atoms. The summed E-state index contributed by atoms with van der Waals surface area (Å²) < 4.78 is 1.13. The topological polar surface area (TPSA) is 18.5 Å². The molecule has 1 N–H and O–H groups in total. The molecular formula is C15H24BrN3. The zero-order valence-corrected chi connectivity index (χ0v) is 13.5. The summed E-state index contributed by atoms with van der Waals surface area (Å²) in [5, 5.41) is 3.50. The van der Waals surface area contributed by atoms with Crippen molar-refractivity contribution in [3.8, 4) is 0 Å². The van der Waals surface area contributed by atoms with Crippen LogP contribution in [0.3, 0.4) is 0 Å². The molecular weight excluding hydrogens is 302 g/mol. The molecule has 1 aliphatic rings. The molecule has 0 radical (unpaired) electrons. The third-order valence-electron chi connectivity index (χ3n) is 3.63. The Labute approximate surface area is 125 Å². The first-order chi connectivity index (χ1) is 9.15. The van der Waals surface area contributed by atoms with E-state index in [-0.39, 0.29) is 0 Å². The average Bonchev–Trinajstić information content (AvgIpc) is 2.76. The Kier molecular flexibility index (Phi) is 5.67. The van der Waals surface area contributed by atoms with Crippen LogP contribution in [0.5, 0.6) is 0 Å². The molecule has 1 atom stereocenters. The second kappa shape index (κ2) is 7.27. The maximum absolute atomic E-state index is 3.50. The first-order valence-corrected chi connectivity index (χ1v) is 7.82. The largest absolute Gasteiger partial charge is 0.384 e. The maximum atomic E-state index is 3.50. The zero-order valence-electron chi connectivity index (χ0n) is 11.9. The van der Waals surface area contributed by atoms with Crippen molar-refractivity contribution in [1.29, 1.82) is 0 Å². The van der Waals surface area contributed by atoms with Gasteiger partial charge < -0.3 is 10.2 Å². The first-order valence-electron chi connectivity index (χ1n) is 7.03. The molecule has 1 aromatic rings. The van der Waals surface area contributed by atoms with E-state index in [1.807, 2.05) is 0 Å². The quantitative estimate of drug-likeness (QED) is 0.867. The predicted octanol–water partition coefficient (Wildman–Crippen LogP) is 2.89. The van der Waals surface area contributed by atoms with Gasteiger partial charge in [0.05, 0.1) is 0 Å². The van der Waals surface area contributed by atoms with E-state index in [1.165, 1.54) is 31.6 Å². The summed E-state index contributed by atoms with van der Waals surface area (Å²) in [5.74, 6) is 0. The Balaban J connectivity index is 1.75. The van der Waals surface area contributed by atoms with E-state index in [1.54, 1.807) is 0 Å². The molecule has 4 heteroatoms.